The van der Waals surface area contributed by atoms with E-state index >= 15 is 0 Å². The molecule has 1 unspecified atom stereocenters. The lowest BCUT2D eigenvalue weighted by Crippen LogP contribution is -2.28. The number of nitrogens with two attached hydrogens (primary N) is 1. The van der Waals surface area contributed by atoms with Crippen LogP contribution < -0.4 is 11.1 Å². The Morgan fingerprint density at radius 3 is 2.58 bits per heavy atom. The van der Waals surface area contributed by atoms with Crippen molar-refractivity contribution in [2.24, 2.45) is 5.73 Å². The number of carbonyl (C=O) groups is 1. The fourth-order valence-electron chi connectivity index (χ4n) is 2.46. The van der Waals surface area contributed by atoms with E-state index in [1.54, 1.807) is 11.8 Å². The largest absolute Gasteiger partial charge is 0.380 e. The molecule has 0 bridgehead atoms. The third-order valence-corrected chi connectivity index (χ3v) is 4.00. The standard InChI is InChI=1S/C19H28N4O2.ClH/c1-13-7-6-8-14(9-13)23-17(11-16(22-23)19(2,3)4)21-18(24)10-15(12-20)25-5;/h6-9,11,15H,10,12,20H2,1-5H3,(H,21,24);1H. The fraction of sp³-hybridized carbons (Fsp3) is 0.474. The van der Waals surface area contributed by atoms with Gasteiger partial charge in [-0.05, 0) is 24.6 Å². The van der Waals surface area contributed by atoms with Crippen LogP contribution in [0.2, 0.25) is 0 Å². The Morgan fingerprint density at radius 1 is 1.35 bits per heavy atom. The lowest BCUT2D eigenvalue weighted by molar-refractivity contribution is -0.118. The maximum absolute atomic E-state index is 12.4. The molecule has 1 amide bonds. The second kappa shape index (κ2) is 9.16. The Balaban J connectivity index is 0.00000338. The van der Waals surface area contributed by atoms with Crippen LogP contribution in [0.5, 0.6) is 0 Å². The lowest BCUT2D eigenvalue weighted by Gasteiger charge is -2.14. The van der Waals surface area contributed by atoms with Crippen LogP contribution in [-0.2, 0) is 14.9 Å². The number of nitrogens with one attached hydrogen (secondary N) is 1. The molecule has 0 aliphatic rings. The molecule has 0 radical (unpaired) electrons. The Bertz CT molecular complexity index is 733. The normalized spacial score (nSPS) is 12.4. The zero-order chi connectivity index (χ0) is 18.6. The summed E-state index contributed by atoms with van der Waals surface area (Å²) in [5, 5.41) is 7.66. The van der Waals surface area contributed by atoms with Crippen molar-refractivity contribution in [3.63, 3.8) is 0 Å². The van der Waals surface area contributed by atoms with Gasteiger partial charge in [0.1, 0.15) is 5.82 Å². The number of methoxy groups -OCH3 is 1. The van der Waals surface area contributed by atoms with Crippen LogP contribution in [0.1, 0.15) is 38.4 Å². The molecule has 0 saturated carbocycles. The molecule has 3 N–H and O–H groups in total. The van der Waals surface area contributed by atoms with Gasteiger partial charge in [-0.1, -0.05) is 32.9 Å². The number of ether oxygens (including phenoxy) is 1. The number of benzene rings is 1. The molecule has 2 aromatic rings. The first-order valence-electron chi connectivity index (χ1n) is 8.45. The first-order valence-corrected chi connectivity index (χ1v) is 8.45. The van der Waals surface area contributed by atoms with Crippen LogP contribution in [0.3, 0.4) is 0 Å². The fourth-order valence-corrected chi connectivity index (χ4v) is 2.46. The smallest absolute Gasteiger partial charge is 0.228 e. The molecule has 0 aliphatic heterocycles. The molecule has 1 atom stereocenters. The third-order valence-electron chi connectivity index (χ3n) is 4.00. The molecule has 0 saturated heterocycles. The molecule has 0 fully saturated rings. The predicted molar refractivity (Wildman–Crippen MR) is 107 cm³/mol. The molecule has 2 rings (SSSR count). The van der Waals surface area contributed by atoms with Gasteiger partial charge in [-0.3, -0.25) is 4.79 Å². The Labute approximate surface area is 161 Å². The summed E-state index contributed by atoms with van der Waals surface area (Å²) < 4.78 is 6.96. The van der Waals surface area contributed by atoms with E-state index in [9.17, 15) is 4.79 Å². The number of rotatable bonds is 6. The number of aromatic nitrogens is 2. The number of hydrogen-bond donors (Lipinski definition) is 2. The minimum atomic E-state index is -0.294. The average molecular weight is 381 g/mol. The zero-order valence-corrected chi connectivity index (χ0v) is 16.9. The van der Waals surface area contributed by atoms with Gasteiger partial charge in [0.15, 0.2) is 0 Å². The predicted octanol–water partition coefficient (Wildman–Crippen LogP) is 3.20. The van der Waals surface area contributed by atoms with Gasteiger partial charge >= 0.3 is 0 Å². The van der Waals surface area contributed by atoms with Gasteiger partial charge in [0.25, 0.3) is 0 Å². The van der Waals surface area contributed by atoms with Crippen molar-refractivity contribution >= 4 is 24.1 Å². The molecule has 144 valence electrons. The van der Waals surface area contributed by atoms with E-state index in [1.165, 1.54) is 0 Å². The first-order chi connectivity index (χ1) is 11.7. The molecular formula is C19H29ClN4O2. The summed E-state index contributed by atoms with van der Waals surface area (Å²) in [5.74, 6) is 0.499. The number of aryl methyl sites for hydroxylation is 1. The summed E-state index contributed by atoms with van der Waals surface area (Å²) in [5.41, 5.74) is 8.43. The number of hydrogen-bond acceptors (Lipinski definition) is 4. The van der Waals surface area contributed by atoms with Gasteiger partial charge in [-0.2, -0.15) is 5.10 Å². The van der Waals surface area contributed by atoms with Crippen LogP contribution in [0.25, 0.3) is 5.69 Å². The highest BCUT2D eigenvalue weighted by Gasteiger charge is 2.22. The quantitative estimate of drug-likeness (QED) is 0.806. The number of anilines is 1. The van der Waals surface area contributed by atoms with Crippen LogP contribution in [0.4, 0.5) is 5.82 Å². The molecular weight excluding hydrogens is 352 g/mol. The van der Waals surface area contributed by atoms with Crippen molar-refractivity contribution in [2.75, 3.05) is 19.0 Å². The Kier molecular flexibility index (Phi) is 7.81. The second-order valence-corrected chi connectivity index (χ2v) is 7.26. The van der Waals surface area contributed by atoms with Crippen molar-refractivity contribution in [1.29, 1.82) is 0 Å². The van der Waals surface area contributed by atoms with Crippen LogP contribution in [0, 0.1) is 6.92 Å². The summed E-state index contributed by atoms with van der Waals surface area (Å²) in [6, 6.07) is 9.93. The minimum Gasteiger partial charge on any atom is -0.380 e. The van der Waals surface area contributed by atoms with Gasteiger partial charge < -0.3 is 15.8 Å². The number of nitrogens with zero attached hydrogens (tertiary/aromatic N) is 2. The van der Waals surface area contributed by atoms with Gasteiger partial charge in [0, 0.05) is 25.1 Å². The van der Waals surface area contributed by atoms with Crippen molar-refractivity contribution in [3.8, 4) is 5.69 Å². The van der Waals surface area contributed by atoms with Gasteiger partial charge in [-0.15, -0.1) is 12.4 Å². The number of halogens is 1. The average Bonchev–Trinajstić information content (AvgIpc) is 2.96. The van der Waals surface area contributed by atoms with Crippen LogP contribution in [0.15, 0.2) is 30.3 Å². The highest BCUT2D eigenvalue weighted by atomic mass is 35.5. The number of amides is 1. The first kappa shape index (κ1) is 22.2. The molecule has 1 aromatic heterocycles. The monoisotopic (exact) mass is 380 g/mol. The Morgan fingerprint density at radius 2 is 2.04 bits per heavy atom. The van der Waals surface area contributed by atoms with Crippen LogP contribution in [-0.4, -0.2) is 35.4 Å². The van der Waals surface area contributed by atoms with Gasteiger partial charge in [0.05, 0.1) is 23.9 Å². The van der Waals surface area contributed by atoms with Crippen LogP contribution >= 0.6 is 12.4 Å². The number of carbonyl (C=O) groups excluding carboxylic acids is 1. The molecule has 26 heavy (non-hydrogen) atoms. The molecule has 7 heteroatoms. The van der Waals surface area contributed by atoms with E-state index in [-0.39, 0.29) is 36.3 Å². The zero-order valence-electron chi connectivity index (χ0n) is 16.1. The van der Waals surface area contributed by atoms with Crippen molar-refractivity contribution in [3.05, 3.63) is 41.6 Å². The second-order valence-electron chi connectivity index (χ2n) is 7.26. The van der Waals surface area contributed by atoms with E-state index in [0.717, 1.165) is 16.9 Å². The summed E-state index contributed by atoms with van der Waals surface area (Å²) >= 11 is 0. The molecule has 1 heterocycles. The van der Waals surface area contributed by atoms with E-state index in [0.29, 0.717) is 12.4 Å². The molecule has 0 spiro atoms. The maximum atomic E-state index is 12.4. The summed E-state index contributed by atoms with van der Waals surface area (Å²) in [7, 11) is 1.56. The van der Waals surface area contributed by atoms with E-state index in [2.05, 4.69) is 26.1 Å². The van der Waals surface area contributed by atoms with Crippen molar-refractivity contribution < 1.29 is 9.53 Å². The minimum absolute atomic E-state index is 0. The summed E-state index contributed by atoms with van der Waals surface area (Å²) in [4.78, 5) is 12.4. The SMILES string of the molecule is COC(CN)CC(=O)Nc1cc(C(C)(C)C)nn1-c1cccc(C)c1.Cl. The molecule has 0 aliphatic carbocycles. The molecule has 1 aromatic carbocycles. The topological polar surface area (TPSA) is 82.2 Å². The van der Waals surface area contributed by atoms with Gasteiger partial charge in [0.2, 0.25) is 5.91 Å². The van der Waals surface area contributed by atoms with Gasteiger partial charge in [-0.25, -0.2) is 4.68 Å². The summed E-state index contributed by atoms with van der Waals surface area (Å²) in [6.45, 7) is 8.61. The van der Waals surface area contributed by atoms with E-state index < -0.39 is 0 Å². The lowest BCUT2D eigenvalue weighted by atomic mass is 9.92. The van der Waals surface area contributed by atoms with E-state index in [4.69, 9.17) is 15.6 Å². The van der Waals surface area contributed by atoms with Crippen molar-refractivity contribution in [2.45, 2.75) is 45.6 Å². The third kappa shape index (κ3) is 5.56. The van der Waals surface area contributed by atoms with Crippen molar-refractivity contribution in [1.82, 2.24) is 9.78 Å². The highest BCUT2D eigenvalue weighted by molar-refractivity contribution is 5.90. The van der Waals surface area contributed by atoms with E-state index in [1.807, 2.05) is 37.3 Å². The Hall–Kier alpha value is -1.89. The maximum Gasteiger partial charge on any atom is 0.228 e. The molecule has 6 nitrogen and oxygen atoms in total. The summed E-state index contributed by atoms with van der Waals surface area (Å²) in [6.07, 6.45) is -0.0888. The highest BCUT2D eigenvalue weighted by Crippen LogP contribution is 2.26.